The summed E-state index contributed by atoms with van der Waals surface area (Å²) in [5, 5.41) is 5.99. The molecule has 22 heavy (non-hydrogen) atoms. The molecule has 3 rings (SSSR count). The summed E-state index contributed by atoms with van der Waals surface area (Å²) in [4.78, 5) is 2.54. The minimum absolute atomic E-state index is 0. The van der Waals surface area contributed by atoms with Gasteiger partial charge in [-0.2, -0.15) is 0 Å². The van der Waals surface area contributed by atoms with E-state index in [-0.39, 0.29) is 12.4 Å². The van der Waals surface area contributed by atoms with E-state index in [4.69, 9.17) is 4.74 Å². The van der Waals surface area contributed by atoms with Crippen molar-refractivity contribution in [2.75, 3.05) is 27.2 Å². The quantitative estimate of drug-likeness (QED) is 0.933. The number of benzene rings is 2. The van der Waals surface area contributed by atoms with Crippen LogP contribution < -0.4 is 10.1 Å². The molecule has 0 spiro atoms. The molecule has 0 saturated carbocycles. The maximum atomic E-state index is 5.60. The van der Waals surface area contributed by atoms with Gasteiger partial charge in [0.25, 0.3) is 0 Å². The number of ether oxygens (including phenoxy) is 1. The van der Waals surface area contributed by atoms with Gasteiger partial charge in [0.1, 0.15) is 5.75 Å². The van der Waals surface area contributed by atoms with Crippen molar-refractivity contribution in [2.24, 2.45) is 0 Å². The van der Waals surface area contributed by atoms with Crippen molar-refractivity contribution >= 4 is 23.2 Å². The van der Waals surface area contributed by atoms with Gasteiger partial charge in [0.2, 0.25) is 0 Å². The van der Waals surface area contributed by atoms with Crippen LogP contribution in [0.2, 0.25) is 0 Å². The van der Waals surface area contributed by atoms with E-state index in [9.17, 15) is 0 Å². The zero-order chi connectivity index (χ0) is 14.7. The number of rotatable bonds is 4. The van der Waals surface area contributed by atoms with Gasteiger partial charge in [-0.15, -0.1) is 12.4 Å². The van der Waals surface area contributed by atoms with E-state index in [2.05, 4.69) is 53.7 Å². The fourth-order valence-corrected chi connectivity index (χ4v) is 3.27. The third-order valence-corrected chi connectivity index (χ3v) is 4.60. The van der Waals surface area contributed by atoms with Crippen LogP contribution in [0.4, 0.5) is 0 Å². The van der Waals surface area contributed by atoms with Gasteiger partial charge >= 0.3 is 0 Å². The fraction of sp³-hybridized carbons (Fsp3) is 0.444. The molecule has 0 aliphatic carbocycles. The Morgan fingerprint density at radius 1 is 1.14 bits per heavy atom. The van der Waals surface area contributed by atoms with Gasteiger partial charge in [-0.1, -0.05) is 30.3 Å². The Hall–Kier alpha value is -1.29. The summed E-state index contributed by atoms with van der Waals surface area (Å²) in [6, 6.07) is 13.5. The van der Waals surface area contributed by atoms with Crippen molar-refractivity contribution in [1.29, 1.82) is 0 Å². The third kappa shape index (κ3) is 3.54. The normalized spacial score (nSPS) is 16.5. The SMILES string of the molecule is CNC1CCN(Cc2c(OC)ccc3ccccc23)CC1.Cl. The summed E-state index contributed by atoms with van der Waals surface area (Å²) in [5.41, 5.74) is 1.32. The number of fused-ring (bicyclic) bond motifs is 1. The first kappa shape index (κ1) is 17.1. The van der Waals surface area contributed by atoms with Gasteiger partial charge in [-0.3, -0.25) is 4.90 Å². The first-order valence-corrected chi connectivity index (χ1v) is 7.76. The van der Waals surface area contributed by atoms with Gasteiger partial charge in [0.05, 0.1) is 7.11 Å². The fourth-order valence-electron chi connectivity index (χ4n) is 3.27. The van der Waals surface area contributed by atoms with Crippen molar-refractivity contribution in [2.45, 2.75) is 25.4 Å². The number of halogens is 1. The van der Waals surface area contributed by atoms with Crippen LogP contribution in [0.3, 0.4) is 0 Å². The maximum absolute atomic E-state index is 5.60. The maximum Gasteiger partial charge on any atom is 0.123 e. The average molecular weight is 321 g/mol. The molecule has 1 fully saturated rings. The predicted molar refractivity (Wildman–Crippen MR) is 95.1 cm³/mol. The van der Waals surface area contributed by atoms with Crippen molar-refractivity contribution < 1.29 is 4.74 Å². The number of hydrogen-bond donors (Lipinski definition) is 1. The van der Waals surface area contributed by atoms with Crippen molar-refractivity contribution in [3.63, 3.8) is 0 Å². The average Bonchev–Trinajstić information content (AvgIpc) is 2.56. The van der Waals surface area contributed by atoms with E-state index in [0.717, 1.165) is 25.4 Å². The van der Waals surface area contributed by atoms with Crippen molar-refractivity contribution in [3.8, 4) is 5.75 Å². The molecule has 0 atom stereocenters. The number of piperidine rings is 1. The Bertz CT molecular complexity index is 609. The lowest BCUT2D eigenvalue weighted by molar-refractivity contribution is 0.193. The molecule has 1 heterocycles. The Balaban J connectivity index is 0.00000176. The Morgan fingerprint density at radius 2 is 1.86 bits per heavy atom. The molecule has 0 amide bonds. The van der Waals surface area contributed by atoms with Crippen molar-refractivity contribution in [3.05, 3.63) is 42.0 Å². The van der Waals surface area contributed by atoms with Gasteiger partial charge in [0, 0.05) is 18.2 Å². The van der Waals surface area contributed by atoms with E-state index >= 15 is 0 Å². The highest BCUT2D eigenvalue weighted by atomic mass is 35.5. The molecule has 4 heteroatoms. The topological polar surface area (TPSA) is 24.5 Å². The molecular formula is C18H25ClN2O. The molecule has 3 nitrogen and oxygen atoms in total. The lowest BCUT2D eigenvalue weighted by Crippen LogP contribution is -2.40. The summed E-state index contributed by atoms with van der Waals surface area (Å²) in [5.74, 6) is 1.00. The number of hydrogen-bond acceptors (Lipinski definition) is 3. The van der Waals surface area contributed by atoms with E-state index in [1.54, 1.807) is 7.11 Å². The molecule has 0 radical (unpaired) electrons. The van der Waals surface area contributed by atoms with Crippen LogP contribution in [0, 0.1) is 0 Å². The monoisotopic (exact) mass is 320 g/mol. The van der Waals surface area contributed by atoms with Crippen LogP contribution >= 0.6 is 12.4 Å². The summed E-state index contributed by atoms with van der Waals surface area (Å²) in [6.45, 7) is 3.27. The van der Waals surface area contributed by atoms with E-state index in [0.29, 0.717) is 6.04 Å². The molecule has 1 N–H and O–H groups in total. The lowest BCUT2D eigenvalue weighted by atomic mass is 10.0. The number of likely N-dealkylation sites (tertiary alicyclic amines) is 1. The highest BCUT2D eigenvalue weighted by Crippen LogP contribution is 2.29. The Morgan fingerprint density at radius 3 is 2.55 bits per heavy atom. The van der Waals surface area contributed by atoms with E-state index in [1.165, 1.54) is 29.2 Å². The summed E-state index contributed by atoms with van der Waals surface area (Å²) < 4.78 is 5.60. The van der Waals surface area contributed by atoms with Crippen molar-refractivity contribution in [1.82, 2.24) is 10.2 Å². The molecule has 2 aromatic rings. The van der Waals surface area contributed by atoms with Gasteiger partial charge in [-0.25, -0.2) is 0 Å². The summed E-state index contributed by atoms with van der Waals surface area (Å²) in [6.07, 6.45) is 2.45. The first-order chi connectivity index (χ1) is 10.3. The Labute approximate surface area is 139 Å². The van der Waals surface area contributed by atoms with Crippen LogP contribution in [0.1, 0.15) is 18.4 Å². The minimum atomic E-state index is 0. The lowest BCUT2D eigenvalue weighted by Gasteiger charge is -2.32. The van der Waals surface area contributed by atoms with E-state index < -0.39 is 0 Å². The molecule has 1 aliphatic heterocycles. The number of methoxy groups -OCH3 is 1. The smallest absolute Gasteiger partial charge is 0.123 e. The first-order valence-electron chi connectivity index (χ1n) is 7.76. The second-order valence-electron chi connectivity index (χ2n) is 5.81. The highest BCUT2D eigenvalue weighted by Gasteiger charge is 2.19. The molecule has 1 saturated heterocycles. The van der Waals surface area contributed by atoms with Gasteiger partial charge in [0.15, 0.2) is 0 Å². The van der Waals surface area contributed by atoms with Crippen LogP contribution in [-0.4, -0.2) is 38.2 Å². The molecule has 120 valence electrons. The molecule has 0 bridgehead atoms. The molecular weight excluding hydrogens is 296 g/mol. The van der Waals surface area contributed by atoms with Crippen LogP contribution in [0.15, 0.2) is 36.4 Å². The molecule has 2 aromatic carbocycles. The van der Waals surface area contributed by atoms with Crippen LogP contribution in [-0.2, 0) is 6.54 Å². The second-order valence-corrected chi connectivity index (χ2v) is 5.81. The largest absolute Gasteiger partial charge is 0.496 e. The standard InChI is InChI=1S/C18H24N2O.ClH/c1-19-15-9-11-20(12-10-15)13-17-16-6-4-3-5-14(16)7-8-18(17)21-2;/h3-8,15,19H,9-13H2,1-2H3;1H. The highest BCUT2D eigenvalue weighted by molar-refractivity contribution is 5.87. The van der Waals surface area contributed by atoms with E-state index in [1.807, 2.05) is 0 Å². The predicted octanol–water partition coefficient (Wildman–Crippen LogP) is 3.45. The van der Waals surface area contributed by atoms with Crippen LogP contribution in [0.5, 0.6) is 5.75 Å². The van der Waals surface area contributed by atoms with Crippen LogP contribution in [0.25, 0.3) is 10.8 Å². The van der Waals surface area contributed by atoms with Gasteiger partial charge in [-0.05, 0) is 49.8 Å². The second kappa shape index (κ2) is 7.82. The summed E-state index contributed by atoms with van der Waals surface area (Å²) in [7, 11) is 3.83. The zero-order valence-electron chi connectivity index (χ0n) is 13.3. The number of nitrogens with one attached hydrogen (secondary N) is 1. The molecule has 0 unspecified atom stereocenters. The number of nitrogens with zero attached hydrogens (tertiary/aromatic N) is 1. The third-order valence-electron chi connectivity index (χ3n) is 4.60. The minimum Gasteiger partial charge on any atom is -0.496 e. The van der Waals surface area contributed by atoms with Gasteiger partial charge < -0.3 is 10.1 Å². The summed E-state index contributed by atoms with van der Waals surface area (Å²) >= 11 is 0. The molecule has 0 aromatic heterocycles. The molecule has 1 aliphatic rings. The zero-order valence-corrected chi connectivity index (χ0v) is 14.2. The Kier molecular flexibility index (Phi) is 6.07.